The maximum absolute atomic E-state index is 14.0. The number of fused-ring (bicyclic) bond motifs is 1. The number of amides is 1. The van der Waals surface area contributed by atoms with Crippen molar-refractivity contribution >= 4 is 28.3 Å². The van der Waals surface area contributed by atoms with Gasteiger partial charge in [0.25, 0.3) is 5.91 Å². The van der Waals surface area contributed by atoms with Crippen LogP contribution < -0.4 is 10.6 Å². The zero-order valence-electron chi connectivity index (χ0n) is 17.1. The number of anilines is 1. The summed E-state index contributed by atoms with van der Waals surface area (Å²) in [6.07, 6.45) is 0.256. The van der Waals surface area contributed by atoms with Crippen LogP contribution in [0.25, 0.3) is 10.8 Å². The van der Waals surface area contributed by atoms with E-state index in [9.17, 15) is 14.0 Å². The Morgan fingerprint density at radius 1 is 1.03 bits per heavy atom. The first kappa shape index (κ1) is 21.3. The summed E-state index contributed by atoms with van der Waals surface area (Å²) < 4.78 is 19.1. The van der Waals surface area contributed by atoms with Crippen LogP contribution in [0.4, 0.5) is 10.1 Å². The van der Waals surface area contributed by atoms with E-state index < -0.39 is 12.0 Å². The number of halogens is 1. The van der Waals surface area contributed by atoms with Crippen LogP contribution in [0.5, 0.6) is 0 Å². The van der Waals surface area contributed by atoms with Crippen LogP contribution in [0.1, 0.15) is 29.3 Å². The van der Waals surface area contributed by atoms with E-state index in [-0.39, 0.29) is 24.8 Å². The van der Waals surface area contributed by atoms with Crippen molar-refractivity contribution in [1.82, 2.24) is 5.32 Å². The molecule has 1 unspecified atom stereocenters. The van der Waals surface area contributed by atoms with Crippen LogP contribution in [0, 0.1) is 12.7 Å². The topological polar surface area (TPSA) is 67.4 Å². The number of aryl methyl sites for hydroxylation is 1. The van der Waals surface area contributed by atoms with Gasteiger partial charge in [0.05, 0.1) is 12.3 Å². The number of carbonyl (C=O) groups is 2. The molecule has 0 saturated carbocycles. The van der Waals surface area contributed by atoms with Gasteiger partial charge in [-0.2, -0.15) is 0 Å². The minimum absolute atomic E-state index is 0.209. The largest absolute Gasteiger partial charge is 0.464 e. The molecule has 1 amide bonds. The molecular weight excluding hydrogens is 383 g/mol. The van der Waals surface area contributed by atoms with Gasteiger partial charge in [-0.05, 0) is 54.8 Å². The van der Waals surface area contributed by atoms with Gasteiger partial charge >= 0.3 is 5.97 Å². The second-order valence-corrected chi connectivity index (χ2v) is 6.99. The van der Waals surface area contributed by atoms with E-state index in [0.29, 0.717) is 17.8 Å². The van der Waals surface area contributed by atoms with Crippen LogP contribution in [-0.2, 0) is 9.53 Å². The highest BCUT2D eigenvalue weighted by atomic mass is 19.1. The van der Waals surface area contributed by atoms with Crippen LogP contribution in [0.2, 0.25) is 0 Å². The van der Waals surface area contributed by atoms with E-state index in [0.717, 1.165) is 16.3 Å². The molecule has 0 aliphatic rings. The summed E-state index contributed by atoms with van der Waals surface area (Å²) in [6.45, 7) is 4.01. The zero-order valence-corrected chi connectivity index (χ0v) is 17.1. The minimum Gasteiger partial charge on any atom is -0.464 e. The Bertz CT molecular complexity index is 1030. The second kappa shape index (κ2) is 9.87. The maximum atomic E-state index is 14.0. The number of nitrogens with one attached hydrogen (secondary N) is 2. The molecule has 3 rings (SSSR count). The number of benzene rings is 3. The number of rotatable bonds is 8. The maximum Gasteiger partial charge on any atom is 0.328 e. The van der Waals surface area contributed by atoms with E-state index in [2.05, 4.69) is 10.6 Å². The molecule has 0 spiro atoms. The van der Waals surface area contributed by atoms with Crippen molar-refractivity contribution < 1.29 is 18.7 Å². The Hall–Kier alpha value is -3.41. The Kier molecular flexibility index (Phi) is 7.01. The quantitative estimate of drug-likeness (QED) is 0.541. The van der Waals surface area contributed by atoms with Gasteiger partial charge in [-0.1, -0.05) is 42.5 Å². The molecule has 0 bridgehead atoms. The number of carbonyl (C=O) groups excluding carboxylic acids is 2. The molecule has 0 saturated heterocycles. The molecule has 156 valence electrons. The lowest BCUT2D eigenvalue weighted by molar-refractivity contribution is -0.145. The monoisotopic (exact) mass is 408 g/mol. The van der Waals surface area contributed by atoms with Crippen molar-refractivity contribution in [1.29, 1.82) is 0 Å². The van der Waals surface area contributed by atoms with Gasteiger partial charge in [0.15, 0.2) is 0 Å². The summed E-state index contributed by atoms with van der Waals surface area (Å²) >= 11 is 0. The number of hydrogen-bond acceptors (Lipinski definition) is 4. The fraction of sp³-hybridized carbons (Fsp3) is 0.250. The van der Waals surface area contributed by atoms with Crippen molar-refractivity contribution in [2.75, 3.05) is 18.5 Å². The van der Waals surface area contributed by atoms with E-state index in [1.165, 1.54) is 6.07 Å². The number of ether oxygens (including phenoxy) is 1. The van der Waals surface area contributed by atoms with Crippen LogP contribution in [0.3, 0.4) is 0 Å². The number of hydrogen-bond donors (Lipinski definition) is 2. The highest BCUT2D eigenvalue weighted by molar-refractivity contribution is 6.00. The first-order valence-corrected chi connectivity index (χ1v) is 9.95. The fourth-order valence-electron chi connectivity index (χ4n) is 3.26. The van der Waals surface area contributed by atoms with E-state index in [1.54, 1.807) is 38.1 Å². The second-order valence-electron chi connectivity index (χ2n) is 6.99. The smallest absolute Gasteiger partial charge is 0.328 e. The minimum atomic E-state index is -0.844. The Morgan fingerprint density at radius 3 is 2.53 bits per heavy atom. The van der Waals surface area contributed by atoms with E-state index in [1.807, 2.05) is 30.3 Å². The molecule has 0 aromatic heterocycles. The van der Waals surface area contributed by atoms with Crippen LogP contribution >= 0.6 is 0 Å². The zero-order chi connectivity index (χ0) is 21.5. The molecule has 0 fully saturated rings. The molecule has 3 aromatic rings. The third-order valence-corrected chi connectivity index (χ3v) is 4.84. The summed E-state index contributed by atoms with van der Waals surface area (Å²) in [4.78, 5) is 25.1. The SMILES string of the molecule is CCOC(=O)C(CCNc1c(C)cccc1F)NC(=O)c1ccc2ccccc2c1. The van der Waals surface area contributed by atoms with Crippen molar-refractivity contribution in [3.8, 4) is 0 Å². The van der Waals surface area contributed by atoms with Crippen molar-refractivity contribution in [3.63, 3.8) is 0 Å². The predicted molar refractivity (Wildman–Crippen MR) is 116 cm³/mol. The van der Waals surface area contributed by atoms with Crippen LogP contribution in [0.15, 0.2) is 60.7 Å². The van der Waals surface area contributed by atoms with Gasteiger partial charge in [0.1, 0.15) is 11.9 Å². The van der Waals surface area contributed by atoms with Gasteiger partial charge in [-0.15, -0.1) is 0 Å². The molecule has 30 heavy (non-hydrogen) atoms. The summed E-state index contributed by atoms with van der Waals surface area (Å²) in [7, 11) is 0. The predicted octanol–water partition coefficient (Wildman–Crippen LogP) is 4.45. The molecule has 6 heteroatoms. The molecule has 3 aromatic carbocycles. The molecule has 0 aliphatic heterocycles. The Labute approximate surface area is 175 Å². The Balaban J connectivity index is 1.69. The van der Waals surface area contributed by atoms with Crippen molar-refractivity contribution in [2.24, 2.45) is 0 Å². The van der Waals surface area contributed by atoms with Gasteiger partial charge < -0.3 is 15.4 Å². The van der Waals surface area contributed by atoms with Gasteiger partial charge in [-0.25, -0.2) is 9.18 Å². The molecular formula is C24H25FN2O3. The van der Waals surface area contributed by atoms with Gasteiger partial charge in [0, 0.05) is 12.1 Å². The Morgan fingerprint density at radius 2 is 1.80 bits per heavy atom. The lowest BCUT2D eigenvalue weighted by Crippen LogP contribution is -2.43. The average Bonchev–Trinajstić information content (AvgIpc) is 2.74. The molecule has 0 heterocycles. The molecule has 1 atom stereocenters. The summed E-state index contributed by atoms with van der Waals surface area (Å²) in [5, 5.41) is 7.73. The number of esters is 1. The summed E-state index contributed by atoms with van der Waals surface area (Å²) in [5.74, 6) is -1.23. The number of para-hydroxylation sites is 1. The van der Waals surface area contributed by atoms with E-state index >= 15 is 0 Å². The average molecular weight is 408 g/mol. The highest BCUT2D eigenvalue weighted by Crippen LogP contribution is 2.19. The van der Waals surface area contributed by atoms with Crippen molar-refractivity contribution in [2.45, 2.75) is 26.3 Å². The van der Waals surface area contributed by atoms with Gasteiger partial charge in [-0.3, -0.25) is 4.79 Å². The molecule has 2 N–H and O–H groups in total. The van der Waals surface area contributed by atoms with Crippen molar-refractivity contribution in [3.05, 3.63) is 77.6 Å². The lowest BCUT2D eigenvalue weighted by atomic mass is 10.1. The summed E-state index contributed by atoms with van der Waals surface area (Å²) in [5.41, 5.74) is 1.62. The standard InChI is InChI=1S/C24H25FN2O3/c1-3-30-24(29)21(13-14-26-22-16(2)7-6-10-20(22)25)27-23(28)19-12-11-17-8-4-5-9-18(17)15-19/h4-12,15,21,26H,3,13-14H2,1-2H3,(H,27,28). The first-order chi connectivity index (χ1) is 14.5. The lowest BCUT2D eigenvalue weighted by Gasteiger charge is -2.19. The highest BCUT2D eigenvalue weighted by Gasteiger charge is 2.23. The normalized spacial score (nSPS) is 11.7. The van der Waals surface area contributed by atoms with E-state index in [4.69, 9.17) is 4.74 Å². The molecule has 0 aliphatic carbocycles. The summed E-state index contributed by atoms with van der Waals surface area (Å²) in [6, 6.07) is 17.1. The van der Waals surface area contributed by atoms with Crippen LogP contribution in [-0.4, -0.2) is 31.1 Å². The fourth-order valence-corrected chi connectivity index (χ4v) is 3.26. The first-order valence-electron chi connectivity index (χ1n) is 9.95. The third kappa shape index (κ3) is 5.14. The molecule has 0 radical (unpaired) electrons. The molecule has 5 nitrogen and oxygen atoms in total. The third-order valence-electron chi connectivity index (χ3n) is 4.84. The van der Waals surface area contributed by atoms with Gasteiger partial charge in [0.2, 0.25) is 0 Å².